The number of hydrogen-bond acceptors (Lipinski definition) is 3. The molecule has 0 aliphatic heterocycles. The highest BCUT2D eigenvalue weighted by molar-refractivity contribution is 6.02. The van der Waals surface area contributed by atoms with E-state index in [9.17, 15) is 9.59 Å². The summed E-state index contributed by atoms with van der Waals surface area (Å²) in [6.45, 7) is 4.70. The number of carboxylic acids is 1. The van der Waals surface area contributed by atoms with Crippen LogP contribution >= 0.6 is 0 Å². The second-order valence-corrected chi connectivity index (χ2v) is 5.01. The van der Waals surface area contributed by atoms with Crippen molar-refractivity contribution in [1.29, 1.82) is 0 Å². The van der Waals surface area contributed by atoms with Gasteiger partial charge in [-0.1, -0.05) is 13.8 Å². The van der Waals surface area contributed by atoms with Crippen molar-refractivity contribution >= 4 is 11.9 Å². The van der Waals surface area contributed by atoms with E-state index in [0.717, 1.165) is 12.8 Å². The number of aromatic amines is 1. The molecule has 1 heterocycles. The molecule has 1 aliphatic rings. The maximum absolute atomic E-state index is 12.3. The van der Waals surface area contributed by atoms with Crippen LogP contribution in [0.1, 0.15) is 47.7 Å². The molecule has 0 unspecified atom stereocenters. The summed E-state index contributed by atoms with van der Waals surface area (Å²) in [6, 6.07) is 0.248. The van der Waals surface area contributed by atoms with Crippen LogP contribution in [0.25, 0.3) is 0 Å². The lowest BCUT2D eigenvalue weighted by atomic mass is 10.2. The number of carbonyl (C=O) groups is 2. The summed E-state index contributed by atoms with van der Waals surface area (Å²) in [6.07, 6.45) is 3.23. The van der Waals surface area contributed by atoms with E-state index < -0.39 is 5.97 Å². The van der Waals surface area contributed by atoms with Crippen molar-refractivity contribution in [3.63, 3.8) is 0 Å². The molecule has 0 saturated heterocycles. The zero-order valence-electron chi connectivity index (χ0n) is 10.5. The molecule has 2 rings (SSSR count). The number of amides is 1. The van der Waals surface area contributed by atoms with Crippen molar-refractivity contribution in [3.8, 4) is 0 Å². The summed E-state index contributed by atoms with van der Waals surface area (Å²) < 4.78 is 0. The summed E-state index contributed by atoms with van der Waals surface area (Å²) in [5, 5.41) is 8.98. The lowest BCUT2D eigenvalue weighted by Gasteiger charge is -2.23. The largest absolute Gasteiger partial charge is 0.477 e. The van der Waals surface area contributed by atoms with Gasteiger partial charge < -0.3 is 15.0 Å². The number of aromatic carboxylic acids is 1. The Morgan fingerprint density at radius 1 is 1.56 bits per heavy atom. The molecule has 1 saturated carbocycles. The highest BCUT2D eigenvalue weighted by atomic mass is 16.4. The van der Waals surface area contributed by atoms with Crippen LogP contribution in [0.5, 0.6) is 0 Å². The lowest BCUT2D eigenvalue weighted by molar-refractivity contribution is 0.0659. The van der Waals surface area contributed by atoms with Gasteiger partial charge in [-0.15, -0.1) is 0 Å². The molecule has 6 nitrogen and oxygen atoms in total. The van der Waals surface area contributed by atoms with Gasteiger partial charge in [0.25, 0.3) is 5.91 Å². The van der Waals surface area contributed by atoms with Crippen LogP contribution in [0.15, 0.2) is 6.33 Å². The maximum atomic E-state index is 12.3. The second kappa shape index (κ2) is 4.80. The fourth-order valence-electron chi connectivity index (χ4n) is 1.93. The van der Waals surface area contributed by atoms with E-state index in [1.54, 1.807) is 4.90 Å². The van der Waals surface area contributed by atoms with Gasteiger partial charge in [-0.3, -0.25) is 4.79 Å². The number of nitrogens with zero attached hydrogens (tertiary/aromatic N) is 2. The molecule has 0 spiro atoms. The molecule has 1 amide bonds. The first kappa shape index (κ1) is 12.6. The van der Waals surface area contributed by atoms with Crippen LogP contribution in [0.2, 0.25) is 0 Å². The summed E-state index contributed by atoms with van der Waals surface area (Å²) in [5.41, 5.74) is -0.121. The number of carboxylic acid groups (broad SMARTS) is 1. The van der Waals surface area contributed by atoms with Gasteiger partial charge in [0.2, 0.25) is 0 Å². The Labute approximate surface area is 105 Å². The minimum Gasteiger partial charge on any atom is -0.477 e. The van der Waals surface area contributed by atoms with Gasteiger partial charge in [0, 0.05) is 12.6 Å². The third-order valence-electron chi connectivity index (χ3n) is 2.87. The summed E-state index contributed by atoms with van der Waals surface area (Å²) in [4.78, 5) is 31.4. The molecule has 1 aromatic rings. The molecule has 98 valence electrons. The van der Waals surface area contributed by atoms with E-state index in [1.165, 1.54) is 6.33 Å². The van der Waals surface area contributed by atoms with Gasteiger partial charge in [0.05, 0.1) is 6.33 Å². The standard InChI is InChI=1S/C12H17N3O3/c1-7(2)5-15(8-3-4-8)11(16)9-10(12(17)18)14-6-13-9/h6-8H,3-5H2,1-2H3,(H,13,14)(H,17,18). The van der Waals surface area contributed by atoms with Crippen molar-refractivity contribution in [1.82, 2.24) is 14.9 Å². The monoisotopic (exact) mass is 251 g/mol. The molecule has 0 radical (unpaired) electrons. The zero-order valence-corrected chi connectivity index (χ0v) is 10.5. The molecule has 18 heavy (non-hydrogen) atoms. The van der Waals surface area contributed by atoms with Gasteiger partial charge in [-0.2, -0.15) is 0 Å². The minimum atomic E-state index is -1.16. The van der Waals surface area contributed by atoms with Crippen LogP contribution in [0.3, 0.4) is 0 Å². The van der Waals surface area contributed by atoms with Gasteiger partial charge in [0.15, 0.2) is 11.4 Å². The molecular formula is C12H17N3O3. The lowest BCUT2D eigenvalue weighted by Crippen LogP contribution is -2.37. The van der Waals surface area contributed by atoms with Gasteiger partial charge >= 0.3 is 5.97 Å². The van der Waals surface area contributed by atoms with Crippen molar-refractivity contribution in [2.75, 3.05) is 6.54 Å². The number of rotatable bonds is 5. The molecule has 1 aliphatic carbocycles. The van der Waals surface area contributed by atoms with Crippen molar-refractivity contribution < 1.29 is 14.7 Å². The van der Waals surface area contributed by atoms with Crippen molar-refractivity contribution in [2.45, 2.75) is 32.7 Å². The topological polar surface area (TPSA) is 86.3 Å². The second-order valence-electron chi connectivity index (χ2n) is 5.01. The Bertz CT molecular complexity index is 463. The van der Waals surface area contributed by atoms with Crippen LogP contribution in [0, 0.1) is 5.92 Å². The summed E-state index contributed by atoms with van der Waals surface area (Å²) in [5.74, 6) is -1.09. The van der Waals surface area contributed by atoms with Gasteiger partial charge in [0.1, 0.15) is 0 Å². The highest BCUT2D eigenvalue weighted by Crippen LogP contribution is 2.29. The van der Waals surface area contributed by atoms with E-state index in [0.29, 0.717) is 12.5 Å². The van der Waals surface area contributed by atoms with Crippen LogP contribution in [-0.4, -0.2) is 44.4 Å². The Balaban J connectivity index is 2.22. The molecule has 0 bridgehead atoms. The molecule has 0 atom stereocenters. The quantitative estimate of drug-likeness (QED) is 0.827. The number of nitrogens with one attached hydrogen (secondary N) is 1. The van der Waals surface area contributed by atoms with Crippen molar-refractivity contribution in [2.24, 2.45) is 5.92 Å². The molecule has 0 aromatic carbocycles. The van der Waals surface area contributed by atoms with Gasteiger partial charge in [-0.05, 0) is 18.8 Å². The average Bonchev–Trinajstić information content (AvgIpc) is 3.00. The Morgan fingerprint density at radius 3 is 2.72 bits per heavy atom. The van der Waals surface area contributed by atoms with E-state index >= 15 is 0 Å². The fraction of sp³-hybridized carbons (Fsp3) is 0.583. The Hall–Kier alpha value is -1.85. The predicted molar refractivity (Wildman–Crippen MR) is 64.4 cm³/mol. The third-order valence-corrected chi connectivity index (χ3v) is 2.87. The average molecular weight is 251 g/mol. The number of H-pyrrole nitrogens is 1. The first-order chi connectivity index (χ1) is 8.50. The number of aromatic nitrogens is 2. The summed E-state index contributed by atoms with van der Waals surface area (Å²) in [7, 11) is 0. The predicted octanol–water partition coefficient (Wildman–Crippen LogP) is 1.37. The fourth-order valence-corrected chi connectivity index (χ4v) is 1.93. The van der Waals surface area contributed by atoms with E-state index in [4.69, 9.17) is 5.11 Å². The first-order valence-electron chi connectivity index (χ1n) is 6.08. The SMILES string of the molecule is CC(C)CN(C(=O)c1nc[nH]c1C(=O)O)C1CC1. The zero-order chi connectivity index (χ0) is 13.3. The normalized spacial score (nSPS) is 14.8. The third kappa shape index (κ3) is 2.52. The van der Waals surface area contributed by atoms with E-state index in [1.807, 2.05) is 13.8 Å². The van der Waals surface area contributed by atoms with Crippen LogP contribution in [-0.2, 0) is 0 Å². The van der Waals surface area contributed by atoms with Crippen LogP contribution in [0.4, 0.5) is 0 Å². The molecular weight excluding hydrogens is 234 g/mol. The molecule has 2 N–H and O–H groups in total. The molecule has 1 fully saturated rings. The van der Waals surface area contributed by atoms with Crippen molar-refractivity contribution in [3.05, 3.63) is 17.7 Å². The van der Waals surface area contributed by atoms with Crippen LogP contribution < -0.4 is 0 Å². The maximum Gasteiger partial charge on any atom is 0.354 e. The number of imidazole rings is 1. The number of carbonyl (C=O) groups excluding carboxylic acids is 1. The van der Waals surface area contributed by atoms with E-state index in [2.05, 4.69) is 9.97 Å². The minimum absolute atomic E-state index is 0.00931. The highest BCUT2D eigenvalue weighted by Gasteiger charge is 2.35. The number of hydrogen-bond donors (Lipinski definition) is 2. The van der Waals surface area contributed by atoms with E-state index in [-0.39, 0.29) is 23.3 Å². The Kier molecular flexibility index (Phi) is 3.36. The Morgan fingerprint density at radius 2 is 2.22 bits per heavy atom. The summed E-state index contributed by atoms with van der Waals surface area (Å²) >= 11 is 0. The molecule has 1 aromatic heterocycles. The molecule has 6 heteroatoms. The van der Waals surface area contributed by atoms with Gasteiger partial charge in [-0.25, -0.2) is 9.78 Å². The smallest absolute Gasteiger partial charge is 0.354 e. The first-order valence-corrected chi connectivity index (χ1v) is 6.08.